The molecule has 0 bridgehead atoms. The highest BCUT2D eigenvalue weighted by Gasteiger charge is 2.06. The average Bonchev–Trinajstić information content (AvgIpc) is 2.55. The Labute approximate surface area is 136 Å². The molecule has 0 saturated carbocycles. The lowest BCUT2D eigenvalue weighted by Crippen LogP contribution is -2.14. The molecule has 0 aliphatic rings. The van der Waals surface area contributed by atoms with Crippen LogP contribution in [0.4, 0.5) is 4.39 Å². The summed E-state index contributed by atoms with van der Waals surface area (Å²) in [4.78, 5) is 0. The molecule has 0 fully saturated rings. The molecule has 0 radical (unpaired) electrons. The van der Waals surface area contributed by atoms with Gasteiger partial charge in [0.2, 0.25) is 0 Å². The molecule has 0 heterocycles. The van der Waals surface area contributed by atoms with Gasteiger partial charge < -0.3 is 14.8 Å². The molecular formula is C19H22FNO2. The minimum absolute atomic E-state index is 0.194. The van der Waals surface area contributed by atoms with Gasteiger partial charge in [0.1, 0.15) is 12.4 Å². The number of methoxy groups -OCH3 is 1. The number of benzene rings is 2. The summed E-state index contributed by atoms with van der Waals surface area (Å²) < 4.78 is 24.6. The minimum atomic E-state index is -0.194. The normalized spacial score (nSPS) is 10.4. The Hall–Kier alpha value is -2.33. The highest BCUT2D eigenvalue weighted by Crippen LogP contribution is 2.28. The van der Waals surface area contributed by atoms with E-state index in [0.717, 1.165) is 11.1 Å². The minimum Gasteiger partial charge on any atom is -0.493 e. The lowest BCUT2D eigenvalue weighted by molar-refractivity contribution is 0.319. The van der Waals surface area contributed by atoms with Gasteiger partial charge in [-0.2, -0.15) is 0 Å². The van der Waals surface area contributed by atoms with E-state index in [0.29, 0.717) is 36.8 Å². The smallest absolute Gasteiger partial charge is 0.161 e. The number of hydrogen-bond donors (Lipinski definition) is 1. The molecule has 4 heteroatoms. The summed E-state index contributed by atoms with van der Waals surface area (Å²) in [6.07, 6.45) is 0. The fourth-order valence-electron chi connectivity index (χ4n) is 2.13. The number of halogens is 1. The van der Waals surface area contributed by atoms with E-state index in [1.165, 1.54) is 6.07 Å². The van der Waals surface area contributed by atoms with E-state index < -0.39 is 0 Å². The van der Waals surface area contributed by atoms with E-state index in [1.807, 2.05) is 31.2 Å². The van der Waals surface area contributed by atoms with Gasteiger partial charge in [0.05, 0.1) is 7.11 Å². The standard InChI is InChI=1S/C19H22FNO2/c1-14(2)13-23-19-10-15(8-9-18(19)22-3)11-21-12-16-6-4-5-7-17(16)20/h4-10,21H,1,11-13H2,2-3H3. The number of ether oxygens (including phenoxy) is 2. The molecule has 1 N–H and O–H groups in total. The molecular weight excluding hydrogens is 293 g/mol. The Balaban J connectivity index is 1.98. The van der Waals surface area contributed by atoms with Crippen molar-refractivity contribution in [3.8, 4) is 11.5 Å². The maximum Gasteiger partial charge on any atom is 0.161 e. The largest absolute Gasteiger partial charge is 0.493 e. The molecule has 2 aromatic carbocycles. The molecule has 0 aliphatic heterocycles. The molecule has 2 rings (SSSR count). The summed E-state index contributed by atoms with van der Waals surface area (Å²) in [6, 6.07) is 12.5. The van der Waals surface area contributed by atoms with E-state index in [-0.39, 0.29) is 5.82 Å². The van der Waals surface area contributed by atoms with Gasteiger partial charge in [-0.25, -0.2) is 4.39 Å². The van der Waals surface area contributed by atoms with E-state index in [4.69, 9.17) is 9.47 Å². The van der Waals surface area contributed by atoms with E-state index >= 15 is 0 Å². The Bertz CT molecular complexity index is 670. The predicted octanol–water partition coefficient (Wildman–Crippen LogP) is 4.08. The van der Waals surface area contributed by atoms with Crippen LogP contribution in [-0.4, -0.2) is 13.7 Å². The number of rotatable bonds is 8. The third-order valence-corrected chi connectivity index (χ3v) is 3.30. The molecule has 122 valence electrons. The van der Waals surface area contributed by atoms with Crippen molar-refractivity contribution in [3.63, 3.8) is 0 Å². The van der Waals surface area contributed by atoms with Crippen molar-refractivity contribution in [2.45, 2.75) is 20.0 Å². The quantitative estimate of drug-likeness (QED) is 0.745. The van der Waals surface area contributed by atoms with Crippen molar-refractivity contribution in [1.29, 1.82) is 0 Å². The van der Waals surface area contributed by atoms with Gasteiger partial charge >= 0.3 is 0 Å². The van der Waals surface area contributed by atoms with Crippen LogP contribution < -0.4 is 14.8 Å². The van der Waals surface area contributed by atoms with Crippen molar-refractivity contribution < 1.29 is 13.9 Å². The van der Waals surface area contributed by atoms with Crippen molar-refractivity contribution in [2.24, 2.45) is 0 Å². The van der Waals surface area contributed by atoms with Crippen LogP contribution in [0.3, 0.4) is 0 Å². The molecule has 0 aliphatic carbocycles. The maximum absolute atomic E-state index is 13.6. The Morgan fingerprint density at radius 2 is 1.91 bits per heavy atom. The fraction of sp³-hybridized carbons (Fsp3) is 0.263. The lowest BCUT2D eigenvalue weighted by atomic mass is 10.1. The lowest BCUT2D eigenvalue weighted by Gasteiger charge is -2.13. The first-order valence-electron chi connectivity index (χ1n) is 7.48. The van der Waals surface area contributed by atoms with Gasteiger partial charge in [-0.15, -0.1) is 0 Å². The van der Waals surface area contributed by atoms with Gasteiger partial charge in [-0.05, 0) is 36.3 Å². The topological polar surface area (TPSA) is 30.5 Å². The van der Waals surface area contributed by atoms with Crippen molar-refractivity contribution in [3.05, 3.63) is 71.6 Å². The third kappa shape index (κ3) is 5.11. The second kappa shape index (κ2) is 8.34. The van der Waals surface area contributed by atoms with E-state index in [9.17, 15) is 4.39 Å². The molecule has 0 saturated heterocycles. The zero-order chi connectivity index (χ0) is 16.7. The number of hydrogen-bond acceptors (Lipinski definition) is 3. The Morgan fingerprint density at radius 1 is 1.13 bits per heavy atom. The summed E-state index contributed by atoms with van der Waals surface area (Å²) in [6.45, 7) is 7.27. The van der Waals surface area contributed by atoms with Crippen LogP contribution in [0.2, 0.25) is 0 Å². The first-order valence-corrected chi connectivity index (χ1v) is 7.48. The second-order valence-electron chi connectivity index (χ2n) is 5.43. The maximum atomic E-state index is 13.6. The fourth-order valence-corrected chi connectivity index (χ4v) is 2.13. The van der Waals surface area contributed by atoms with E-state index in [1.54, 1.807) is 19.2 Å². The number of nitrogens with one attached hydrogen (secondary N) is 1. The zero-order valence-corrected chi connectivity index (χ0v) is 13.6. The van der Waals surface area contributed by atoms with Gasteiger partial charge in [0.15, 0.2) is 11.5 Å². The summed E-state index contributed by atoms with van der Waals surface area (Å²) in [5.74, 6) is 1.17. The highest BCUT2D eigenvalue weighted by atomic mass is 19.1. The SMILES string of the molecule is C=C(C)COc1cc(CNCc2ccccc2F)ccc1OC. The van der Waals surface area contributed by atoms with Crippen molar-refractivity contribution in [1.82, 2.24) is 5.32 Å². The Morgan fingerprint density at radius 3 is 2.61 bits per heavy atom. The third-order valence-electron chi connectivity index (χ3n) is 3.30. The first kappa shape index (κ1) is 17.0. The molecule has 23 heavy (non-hydrogen) atoms. The van der Waals surface area contributed by atoms with Gasteiger partial charge in [0, 0.05) is 18.7 Å². The van der Waals surface area contributed by atoms with Crippen LogP contribution in [0.15, 0.2) is 54.6 Å². The van der Waals surface area contributed by atoms with Gasteiger partial charge in [-0.1, -0.05) is 30.8 Å². The summed E-state index contributed by atoms with van der Waals surface area (Å²) in [5.41, 5.74) is 2.63. The van der Waals surface area contributed by atoms with Crippen LogP contribution in [-0.2, 0) is 13.1 Å². The highest BCUT2D eigenvalue weighted by molar-refractivity contribution is 5.43. The molecule has 0 aromatic heterocycles. The van der Waals surface area contributed by atoms with Gasteiger partial charge in [0.25, 0.3) is 0 Å². The van der Waals surface area contributed by atoms with Crippen LogP contribution in [0.25, 0.3) is 0 Å². The average molecular weight is 315 g/mol. The van der Waals surface area contributed by atoms with Crippen LogP contribution in [0, 0.1) is 5.82 Å². The van der Waals surface area contributed by atoms with E-state index in [2.05, 4.69) is 11.9 Å². The summed E-state index contributed by atoms with van der Waals surface area (Å²) >= 11 is 0. The molecule has 0 atom stereocenters. The summed E-state index contributed by atoms with van der Waals surface area (Å²) in [5, 5.41) is 3.23. The molecule has 2 aromatic rings. The molecule has 3 nitrogen and oxygen atoms in total. The second-order valence-corrected chi connectivity index (χ2v) is 5.43. The van der Waals surface area contributed by atoms with Crippen molar-refractivity contribution >= 4 is 0 Å². The molecule has 0 unspecified atom stereocenters. The van der Waals surface area contributed by atoms with Crippen molar-refractivity contribution in [2.75, 3.05) is 13.7 Å². The van der Waals surface area contributed by atoms with Crippen LogP contribution >= 0.6 is 0 Å². The van der Waals surface area contributed by atoms with Gasteiger partial charge in [-0.3, -0.25) is 0 Å². The van der Waals surface area contributed by atoms with Crippen LogP contribution in [0.5, 0.6) is 11.5 Å². The monoisotopic (exact) mass is 315 g/mol. The zero-order valence-electron chi connectivity index (χ0n) is 13.6. The Kier molecular flexibility index (Phi) is 6.18. The predicted molar refractivity (Wildman–Crippen MR) is 90.2 cm³/mol. The molecule has 0 spiro atoms. The molecule has 0 amide bonds. The first-order chi connectivity index (χ1) is 11.1. The summed E-state index contributed by atoms with van der Waals surface area (Å²) in [7, 11) is 1.61. The van der Waals surface area contributed by atoms with Crippen LogP contribution in [0.1, 0.15) is 18.1 Å².